The second kappa shape index (κ2) is 6.89. The molecule has 0 radical (unpaired) electrons. The zero-order chi connectivity index (χ0) is 15.4. The van der Waals surface area contributed by atoms with E-state index in [1.54, 1.807) is 21.3 Å². The molecule has 0 bridgehead atoms. The van der Waals surface area contributed by atoms with Gasteiger partial charge >= 0.3 is 0 Å². The summed E-state index contributed by atoms with van der Waals surface area (Å²) in [5.41, 5.74) is 1.12. The SMILES string of the molecule is CNC1CCN(c2cc(OC)c(OC)c(OC)c2)C(C)C1. The minimum atomic E-state index is 0.471. The van der Waals surface area contributed by atoms with Crippen LogP contribution < -0.4 is 24.4 Å². The molecule has 21 heavy (non-hydrogen) atoms. The number of anilines is 1. The Morgan fingerprint density at radius 3 is 2.14 bits per heavy atom. The molecule has 0 saturated carbocycles. The lowest BCUT2D eigenvalue weighted by Gasteiger charge is -2.39. The van der Waals surface area contributed by atoms with Gasteiger partial charge < -0.3 is 24.4 Å². The smallest absolute Gasteiger partial charge is 0.203 e. The molecule has 2 atom stereocenters. The number of hydrogen-bond acceptors (Lipinski definition) is 5. The van der Waals surface area contributed by atoms with Gasteiger partial charge in [0.15, 0.2) is 11.5 Å². The van der Waals surface area contributed by atoms with Crippen molar-refractivity contribution >= 4 is 5.69 Å². The topological polar surface area (TPSA) is 43.0 Å². The molecule has 1 saturated heterocycles. The molecule has 1 aliphatic rings. The Balaban J connectivity index is 2.31. The summed E-state index contributed by atoms with van der Waals surface area (Å²) in [4.78, 5) is 2.40. The maximum Gasteiger partial charge on any atom is 0.203 e. The highest BCUT2D eigenvalue weighted by Crippen LogP contribution is 2.42. The molecular formula is C16H26N2O3. The first-order valence-electron chi connectivity index (χ1n) is 7.38. The van der Waals surface area contributed by atoms with E-state index in [-0.39, 0.29) is 0 Å². The standard InChI is InChI=1S/C16H26N2O3/c1-11-8-12(17-2)6-7-18(11)13-9-14(19-3)16(21-5)15(10-13)20-4/h9-12,17H,6-8H2,1-5H3. The van der Waals surface area contributed by atoms with Crippen LogP contribution in [0.5, 0.6) is 17.2 Å². The average Bonchev–Trinajstić information content (AvgIpc) is 2.53. The van der Waals surface area contributed by atoms with Crippen molar-refractivity contribution in [2.24, 2.45) is 0 Å². The van der Waals surface area contributed by atoms with E-state index < -0.39 is 0 Å². The third kappa shape index (κ3) is 3.18. The molecule has 0 spiro atoms. The van der Waals surface area contributed by atoms with Crippen LogP contribution in [0.4, 0.5) is 5.69 Å². The molecule has 2 unspecified atom stereocenters. The lowest BCUT2D eigenvalue weighted by Crippen LogP contribution is -2.46. The van der Waals surface area contributed by atoms with Crippen LogP contribution in [0.25, 0.3) is 0 Å². The van der Waals surface area contributed by atoms with Gasteiger partial charge in [-0.3, -0.25) is 0 Å². The lowest BCUT2D eigenvalue weighted by molar-refractivity contribution is 0.323. The zero-order valence-corrected chi connectivity index (χ0v) is 13.6. The first kappa shape index (κ1) is 15.8. The van der Waals surface area contributed by atoms with E-state index in [4.69, 9.17) is 14.2 Å². The van der Waals surface area contributed by atoms with Crippen molar-refractivity contribution < 1.29 is 14.2 Å². The van der Waals surface area contributed by atoms with Gasteiger partial charge in [-0.2, -0.15) is 0 Å². The van der Waals surface area contributed by atoms with Crippen LogP contribution in [0.2, 0.25) is 0 Å². The molecule has 5 heteroatoms. The second-order valence-corrected chi connectivity index (χ2v) is 5.44. The third-order valence-corrected chi connectivity index (χ3v) is 4.27. The largest absolute Gasteiger partial charge is 0.493 e. The van der Waals surface area contributed by atoms with Crippen molar-refractivity contribution in [2.45, 2.75) is 31.8 Å². The number of rotatable bonds is 5. The Morgan fingerprint density at radius 2 is 1.71 bits per heavy atom. The minimum Gasteiger partial charge on any atom is -0.493 e. The highest BCUT2D eigenvalue weighted by Gasteiger charge is 2.26. The molecular weight excluding hydrogens is 268 g/mol. The van der Waals surface area contributed by atoms with Gasteiger partial charge in [0.25, 0.3) is 0 Å². The molecule has 0 amide bonds. The molecule has 0 aromatic heterocycles. The van der Waals surface area contributed by atoms with Crippen LogP contribution in [0.15, 0.2) is 12.1 Å². The van der Waals surface area contributed by atoms with Crippen LogP contribution in [0, 0.1) is 0 Å². The van der Waals surface area contributed by atoms with Gasteiger partial charge in [0, 0.05) is 36.4 Å². The number of nitrogens with one attached hydrogen (secondary N) is 1. The summed E-state index contributed by atoms with van der Waals surface area (Å²) >= 11 is 0. The summed E-state index contributed by atoms with van der Waals surface area (Å²) in [6.45, 7) is 3.28. The maximum atomic E-state index is 5.44. The number of hydrogen-bond donors (Lipinski definition) is 1. The van der Waals surface area contributed by atoms with Crippen molar-refractivity contribution in [2.75, 3.05) is 39.8 Å². The van der Waals surface area contributed by atoms with E-state index in [0.29, 0.717) is 29.3 Å². The number of methoxy groups -OCH3 is 3. The van der Waals surface area contributed by atoms with E-state index in [0.717, 1.165) is 25.1 Å². The van der Waals surface area contributed by atoms with Gasteiger partial charge in [0.1, 0.15) is 0 Å². The molecule has 1 aromatic rings. The maximum absolute atomic E-state index is 5.44. The van der Waals surface area contributed by atoms with Crippen molar-refractivity contribution in [1.82, 2.24) is 5.32 Å². The van der Waals surface area contributed by atoms with E-state index in [9.17, 15) is 0 Å². The van der Waals surface area contributed by atoms with E-state index in [2.05, 4.69) is 17.1 Å². The number of benzene rings is 1. The first-order valence-corrected chi connectivity index (χ1v) is 7.38. The van der Waals surface area contributed by atoms with E-state index in [1.165, 1.54) is 0 Å². The molecule has 5 nitrogen and oxygen atoms in total. The fraction of sp³-hybridized carbons (Fsp3) is 0.625. The Kier molecular flexibility index (Phi) is 5.17. The summed E-state index contributed by atoms with van der Waals surface area (Å²) in [5, 5.41) is 3.37. The molecule has 1 N–H and O–H groups in total. The van der Waals surface area contributed by atoms with Gasteiger partial charge in [0.2, 0.25) is 5.75 Å². The third-order valence-electron chi connectivity index (χ3n) is 4.27. The Morgan fingerprint density at radius 1 is 1.10 bits per heavy atom. The summed E-state index contributed by atoms with van der Waals surface area (Å²) in [5.74, 6) is 2.05. The van der Waals surface area contributed by atoms with Crippen LogP contribution in [0.3, 0.4) is 0 Å². The molecule has 2 rings (SSSR count). The van der Waals surface area contributed by atoms with Gasteiger partial charge in [-0.15, -0.1) is 0 Å². The fourth-order valence-corrected chi connectivity index (χ4v) is 3.05. The monoisotopic (exact) mass is 294 g/mol. The summed E-state index contributed by atoms with van der Waals surface area (Å²) in [6.07, 6.45) is 2.27. The number of piperidine rings is 1. The van der Waals surface area contributed by atoms with Crippen molar-refractivity contribution in [3.63, 3.8) is 0 Å². The second-order valence-electron chi connectivity index (χ2n) is 5.44. The molecule has 1 aliphatic heterocycles. The summed E-state index contributed by atoms with van der Waals surface area (Å²) < 4.78 is 16.3. The predicted octanol–water partition coefficient (Wildman–Crippen LogP) is 2.29. The minimum absolute atomic E-state index is 0.471. The number of ether oxygens (including phenoxy) is 3. The van der Waals surface area contributed by atoms with Crippen LogP contribution in [-0.2, 0) is 0 Å². The molecule has 1 aromatic carbocycles. The molecule has 0 aliphatic carbocycles. The number of nitrogens with zero attached hydrogens (tertiary/aromatic N) is 1. The Bertz CT molecular complexity index is 454. The molecule has 1 fully saturated rings. The van der Waals surface area contributed by atoms with Crippen molar-refractivity contribution in [3.8, 4) is 17.2 Å². The summed E-state index contributed by atoms with van der Waals surface area (Å²) in [7, 11) is 6.96. The lowest BCUT2D eigenvalue weighted by atomic mass is 9.97. The Labute approximate surface area is 127 Å². The van der Waals surface area contributed by atoms with Gasteiger partial charge in [-0.25, -0.2) is 0 Å². The van der Waals surface area contributed by atoms with E-state index in [1.807, 2.05) is 19.2 Å². The highest BCUT2D eigenvalue weighted by molar-refractivity contribution is 5.64. The van der Waals surface area contributed by atoms with Crippen LogP contribution >= 0.6 is 0 Å². The predicted molar refractivity (Wildman–Crippen MR) is 85.0 cm³/mol. The zero-order valence-electron chi connectivity index (χ0n) is 13.6. The molecule has 118 valence electrons. The Hall–Kier alpha value is -1.62. The molecule has 1 heterocycles. The van der Waals surface area contributed by atoms with E-state index >= 15 is 0 Å². The van der Waals surface area contributed by atoms with Gasteiger partial charge in [-0.05, 0) is 26.8 Å². The normalized spacial score (nSPS) is 22.0. The quantitative estimate of drug-likeness (QED) is 0.902. The van der Waals surface area contributed by atoms with Crippen LogP contribution in [0.1, 0.15) is 19.8 Å². The van der Waals surface area contributed by atoms with Gasteiger partial charge in [-0.1, -0.05) is 0 Å². The first-order chi connectivity index (χ1) is 10.1. The highest BCUT2D eigenvalue weighted by atomic mass is 16.5. The summed E-state index contributed by atoms with van der Waals surface area (Å²) in [6, 6.07) is 5.12. The van der Waals surface area contributed by atoms with Crippen molar-refractivity contribution in [1.29, 1.82) is 0 Å². The van der Waals surface area contributed by atoms with Crippen molar-refractivity contribution in [3.05, 3.63) is 12.1 Å². The van der Waals surface area contributed by atoms with Gasteiger partial charge in [0.05, 0.1) is 21.3 Å². The average molecular weight is 294 g/mol. The van der Waals surface area contributed by atoms with Crippen LogP contribution in [-0.4, -0.2) is 47.0 Å². The fourth-order valence-electron chi connectivity index (χ4n) is 3.05.